The Hall–Kier alpha value is -0.590. The van der Waals surface area contributed by atoms with Crippen LogP contribution in [-0.4, -0.2) is 26.0 Å². The van der Waals surface area contributed by atoms with Gasteiger partial charge in [-0.3, -0.25) is 0 Å². The van der Waals surface area contributed by atoms with Crippen molar-refractivity contribution in [2.75, 3.05) is 12.3 Å². The minimum atomic E-state index is -3.53. The van der Waals surface area contributed by atoms with Crippen molar-refractivity contribution in [1.29, 1.82) is 0 Å². The predicted octanol–water partition coefficient (Wildman–Crippen LogP) is 3.09. The van der Waals surface area contributed by atoms with E-state index >= 15 is 0 Å². The van der Waals surface area contributed by atoms with Crippen molar-refractivity contribution in [2.24, 2.45) is 0 Å². The lowest BCUT2D eigenvalue weighted by atomic mass is 10.2. The number of hydrogen-bond acceptors (Lipinski definition) is 3. The van der Waals surface area contributed by atoms with Crippen LogP contribution < -0.4 is 4.72 Å². The fourth-order valence-corrected chi connectivity index (χ4v) is 5.05. The number of hydrogen-bond donors (Lipinski definition) is 1. The van der Waals surface area contributed by atoms with Gasteiger partial charge in [-0.1, -0.05) is 12.8 Å². The second kappa shape index (κ2) is 6.91. The van der Waals surface area contributed by atoms with Gasteiger partial charge < -0.3 is 0 Å². The molecule has 2 rings (SSSR count). The van der Waals surface area contributed by atoms with E-state index in [1.54, 1.807) is 6.92 Å². The van der Waals surface area contributed by atoms with Gasteiger partial charge in [0.25, 0.3) is 0 Å². The summed E-state index contributed by atoms with van der Waals surface area (Å²) in [6.45, 7) is 2.02. The summed E-state index contributed by atoms with van der Waals surface area (Å²) in [5.74, 6) is 0.364. The molecule has 1 fully saturated rings. The van der Waals surface area contributed by atoms with Gasteiger partial charge in [-0.2, -0.15) is 11.8 Å². The zero-order chi connectivity index (χ0) is 14.6. The third-order valence-corrected chi connectivity index (χ3v) is 6.48. The van der Waals surface area contributed by atoms with E-state index in [-0.39, 0.29) is 4.90 Å². The van der Waals surface area contributed by atoms with E-state index in [2.05, 4.69) is 4.72 Å². The number of rotatable bonds is 6. The topological polar surface area (TPSA) is 46.2 Å². The molecule has 112 valence electrons. The molecule has 0 radical (unpaired) electrons. The first-order valence-electron chi connectivity index (χ1n) is 6.86. The molecule has 6 heteroatoms. The Morgan fingerprint density at radius 1 is 1.35 bits per heavy atom. The van der Waals surface area contributed by atoms with Crippen molar-refractivity contribution in [2.45, 2.75) is 42.8 Å². The molecule has 1 aromatic carbocycles. The highest BCUT2D eigenvalue weighted by Gasteiger charge is 2.18. The number of sulfonamides is 1. The minimum absolute atomic E-state index is 0.157. The maximum absolute atomic E-state index is 13.0. The highest BCUT2D eigenvalue weighted by molar-refractivity contribution is 8.00. The molecule has 0 aliphatic heterocycles. The normalized spacial score (nSPS) is 16.7. The monoisotopic (exact) mass is 317 g/mol. The van der Waals surface area contributed by atoms with Gasteiger partial charge >= 0.3 is 0 Å². The average molecular weight is 317 g/mol. The summed E-state index contributed by atoms with van der Waals surface area (Å²) in [7, 11) is -3.53. The first-order valence-corrected chi connectivity index (χ1v) is 9.39. The van der Waals surface area contributed by atoms with E-state index < -0.39 is 15.8 Å². The van der Waals surface area contributed by atoms with Crippen molar-refractivity contribution in [3.63, 3.8) is 0 Å². The summed E-state index contributed by atoms with van der Waals surface area (Å²) >= 11 is 1.84. The Morgan fingerprint density at radius 2 is 2.05 bits per heavy atom. The first-order chi connectivity index (χ1) is 9.49. The SMILES string of the molecule is Cc1cc(F)ccc1S(=O)(=O)NCCSC1CCCC1. The van der Waals surface area contributed by atoms with Crippen molar-refractivity contribution >= 4 is 21.8 Å². The highest BCUT2D eigenvalue weighted by Crippen LogP contribution is 2.29. The average Bonchev–Trinajstić information content (AvgIpc) is 2.87. The molecular weight excluding hydrogens is 297 g/mol. The Morgan fingerprint density at radius 3 is 2.70 bits per heavy atom. The van der Waals surface area contributed by atoms with E-state index in [0.717, 1.165) is 5.75 Å². The van der Waals surface area contributed by atoms with Gasteiger partial charge in [-0.25, -0.2) is 17.5 Å². The quantitative estimate of drug-likeness (QED) is 0.820. The summed E-state index contributed by atoms with van der Waals surface area (Å²) in [4.78, 5) is 0.157. The molecule has 1 aromatic rings. The molecule has 1 saturated carbocycles. The fraction of sp³-hybridized carbons (Fsp3) is 0.571. The van der Waals surface area contributed by atoms with Crippen molar-refractivity contribution in [1.82, 2.24) is 4.72 Å². The lowest BCUT2D eigenvalue weighted by Gasteiger charge is -2.11. The van der Waals surface area contributed by atoms with Crippen LogP contribution in [0.5, 0.6) is 0 Å². The Labute approximate surface area is 124 Å². The number of aryl methyl sites for hydroxylation is 1. The molecule has 0 saturated heterocycles. The third kappa shape index (κ3) is 4.20. The van der Waals surface area contributed by atoms with Gasteiger partial charge in [0.1, 0.15) is 5.82 Å². The van der Waals surface area contributed by atoms with Crippen LogP contribution in [0.25, 0.3) is 0 Å². The molecule has 0 aromatic heterocycles. The Bertz CT molecular complexity index is 554. The summed E-state index contributed by atoms with van der Waals surface area (Å²) in [6.07, 6.45) is 5.07. The lowest BCUT2D eigenvalue weighted by Crippen LogP contribution is -2.27. The van der Waals surface area contributed by atoms with Gasteiger partial charge in [0.2, 0.25) is 10.0 Å². The van der Waals surface area contributed by atoms with E-state index in [0.29, 0.717) is 17.4 Å². The van der Waals surface area contributed by atoms with E-state index in [9.17, 15) is 12.8 Å². The summed E-state index contributed by atoms with van der Waals surface area (Å²) in [6, 6.07) is 3.73. The van der Waals surface area contributed by atoms with Crippen LogP contribution in [-0.2, 0) is 10.0 Å². The molecule has 0 heterocycles. The molecule has 0 bridgehead atoms. The molecule has 0 amide bonds. The fourth-order valence-electron chi connectivity index (χ4n) is 2.45. The zero-order valence-corrected chi connectivity index (χ0v) is 13.2. The van der Waals surface area contributed by atoms with Gasteiger partial charge in [0, 0.05) is 17.5 Å². The standard InChI is InChI=1S/C14H20FNO2S2/c1-11-10-12(15)6-7-14(11)20(17,18)16-8-9-19-13-4-2-3-5-13/h6-7,10,13,16H,2-5,8-9H2,1H3. The van der Waals surface area contributed by atoms with Crippen molar-refractivity contribution < 1.29 is 12.8 Å². The molecular formula is C14H20FNO2S2. The summed E-state index contributed by atoms with van der Waals surface area (Å²) < 4.78 is 39.8. The van der Waals surface area contributed by atoms with E-state index in [1.165, 1.54) is 43.9 Å². The van der Waals surface area contributed by atoms with Crippen LogP contribution in [0.3, 0.4) is 0 Å². The molecule has 20 heavy (non-hydrogen) atoms. The second-order valence-corrected chi connectivity index (χ2v) is 8.23. The van der Waals surface area contributed by atoms with Gasteiger partial charge in [-0.15, -0.1) is 0 Å². The van der Waals surface area contributed by atoms with E-state index in [1.807, 2.05) is 11.8 Å². The minimum Gasteiger partial charge on any atom is -0.210 e. The van der Waals surface area contributed by atoms with Crippen molar-refractivity contribution in [3.05, 3.63) is 29.6 Å². The van der Waals surface area contributed by atoms with Gasteiger partial charge in [-0.05, 0) is 43.5 Å². The Kier molecular flexibility index (Phi) is 5.46. The van der Waals surface area contributed by atoms with E-state index in [4.69, 9.17) is 0 Å². The van der Waals surface area contributed by atoms with Crippen LogP contribution in [0.1, 0.15) is 31.2 Å². The van der Waals surface area contributed by atoms with Crippen LogP contribution in [0, 0.1) is 12.7 Å². The lowest BCUT2D eigenvalue weighted by molar-refractivity contribution is 0.582. The first kappa shape index (κ1) is 15.8. The molecule has 0 unspecified atom stereocenters. The zero-order valence-electron chi connectivity index (χ0n) is 11.6. The van der Waals surface area contributed by atoms with Crippen LogP contribution >= 0.6 is 11.8 Å². The highest BCUT2D eigenvalue weighted by atomic mass is 32.2. The number of benzene rings is 1. The molecule has 0 atom stereocenters. The predicted molar refractivity (Wildman–Crippen MR) is 81.0 cm³/mol. The molecule has 3 nitrogen and oxygen atoms in total. The summed E-state index contributed by atoms with van der Waals surface area (Å²) in [5.41, 5.74) is 0.431. The van der Waals surface area contributed by atoms with Crippen LogP contribution in [0.15, 0.2) is 23.1 Å². The van der Waals surface area contributed by atoms with Gasteiger partial charge in [0.15, 0.2) is 0 Å². The molecule has 1 aliphatic rings. The maximum Gasteiger partial charge on any atom is 0.240 e. The molecule has 1 N–H and O–H groups in total. The third-order valence-electron chi connectivity index (χ3n) is 3.48. The second-order valence-electron chi connectivity index (χ2n) is 5.08. The van der Waals surface area contributed by atoms with Crippen LogP contribution in [0.2, 0.25) is 0 Å². The Balaban J connectivity index is 1.87. The summed E-state index contributed by atoms with van der Waals surface area (Å²) in [5, 5.41) is 0.687. The van der Waals surface area contributed by atoms with Crippen molar-refractivity contribution in [3.8, 4) is 0 Å². The number of nitrogens with one attached hydrogen (secondary N) is 1. The maximum atomic E-state index is 13.0. The number of halogens is 1. The van der Waals surface area contributed by atoms with Gasteiger partial charge in [0.05, 0.1) is 4.90 Å². The number of thioether (sulfide) groups is 1. The molecule has 1 aliphatic carbocycles. The van der Waals surface area contributed by atoms with Crippen LogP contribution in [0.4, 0.5) is 4.39 Å². The largest absolute Gasteiger partial charge is 0.240 e. The smallest absolute Gasteiger partial charge is 0.210 e. The molecule has 0 spiro atoms.